The average Bonchev–Trinajstić information content (AvgIpc) is 2.38. The van der Waals surface area contributed by atoms with Crippen molar-refractivity contribution in [3.63, 3.8) is 0 Å². The van der Waals surface area contributed by atoms with Crippen LogP contribution in [0.25, 0.3) is 0 Å². The first-order valence-corrected chi connectivity index (χ1v) is 6.23. The maximum Gasteiger partial charge on any atom is 0.410 e. The van der Waals surface area contributed by atoms with Gasteiger partial charge in [0.05, 0.1) is 0 Å². The summed E-state index contributed by atoms with van der Waals surface area (Å²) in [6.07, 6.45) is 1.59. The average molecular weight is 233 g/mol. The maximum atomic E-state index is 11.9. The topological polar surface area (TPSA) is 29.5 Å². The fraction of sp³-hybridized carbons (Fsp3) is 0.500. The van der Waals surface area contributed by atoms with Crippen LogP contribution in [0.15, 0.2) is 24.3 Å². The Morgan fingerprint density at radius 3 is 2.82 bits per heavy atom. The molecule has 1 aromatic rings. The third-order valence-corrected chi connectivity index (χ3v) is 3.27. The lowest BCUT2D eigenvalue weighted by Gasteiger charge is -2.29. The van der Waals surface area contributed by atoms with Crippen LogP contribution >= 0.6 is 0 Å². The van der Waals surface area contributed by atoms with Gasteiger partial charge in [-0.3, -0.25) is 0 Å². The van der Waals surface area contributed by atoms with Crippen molar-refractivity contribution in [2.75, 3.05) is 6.54 Å². The monoisotopic (exact) mass is 233 g/mol. The van der Waals surface area contributed by atoms with E-state index >= 15 is 0 Å². The van der Waals surface area contributed by atoms with Crippen LogP contribution in [0.3, 0.4) is 0 Å². The van der Waals surface area contributed by atoms with Gasteiger partial charge in [0.2, 0.25) is 0 Å². The van der Waals surface area contributed by atoms with Gasteiger partial charge in [0.15, 0.2) is 0 Å². The number of hydrogen-bond acceptors (Lipinski definition) is 2. The molecule has 0 unspecified atom stereocenters. The molecule has 0 bridgehead atoms. The van der Waals surface area contributed by atoms with Gasteiger partial charge in [-0.05, 0) is 30.9 Å². The zero-order chi connectivity index (χ0) is 12.3. The van der Waals surface area contributed by atoms with Crippen molar-refractivity contribution in [1.29, 1.82) is 0 Å². The van der Waals surface area contributed by atoms with Crippen LogP contribution in [0.2, 0.25) is 0 Å². The molecule has 0 aromatic heterocycles. The van der Waals surface area contributed by atoms with E-state index in [0.717, 1.165) is 19.4 Å². The Morgan fingerprint density at radius 1 is 1.41 bits per heavy atom. The smallest absolute Gasteiger partial charge is 0.410 e. The first-order valence-electron chi connectivity index (χ1n) is 6.23. The van der Waals surface area contributed by atoms with Crippen molar-refractivity contribution in [1.82, 2.24) is 4.90 Å². The standard InChI is InChI=1S/C14H19NO2/c1-3-11(2)17-14(16)15-9-8-12-6-4-5-7-13(12)10-15/h4-7,11H,3,8-10H2,1-2H3/t11-/m1/s1. The number of carbonyl (C=O) groups excluding carboxylic acids is 1. The predicted molar refractivity (Wildman–Crippen MR) is 66.8 cm³/mol. The molecule has 0 fully saturated rings. The van der Waals surface area contributed by atoms with Crippen LogP contribution in [0.5, 0.6) is 0 Å². The minimum Gasteiger partial charge on any atom is -0.446 e. The molecule has 1 aliphatic rings. The van der Waals surface area contributed by atoms with Crippen molar-refractivity contribution in [2.24, 2.45) is 0 Å². The number of amides is 1. The number of hydrogen-bond donors (Lipinski definition) is 0. The predicted octanol–water partition coefficient (Wildman–Crippen LogP) is 2.98. The molecule has 0 saturated carbocycles. The molecule has 0 N–H and O–H groups in total. The molecule has 2 rings (SSSR count). The quantitative estimate of drug-likeness (QED) is 0.786. The molecule has 1 aliphatic heterocycles. The van der Waals surface area contributed by atoms with E-state index in [1.54, 1.807) is 4.90 Å². The summed E-state index contributed by atoms with van der Waals surface area (Å²) in [5.41, 5.74) is 2.58. The lowest BCUT2D eigenvalue weighted by Crippen LogP contribution is -2.37. The first-order chi connectivity index (χ1) is 8.20. The summed E-state index contributed by atoms with van der Waals surface area (Å²) >= 11 is 0. The largest absolute Gasteiger partial charge is 0.446 e. The molecule has 1 amide bonds. The maximum absolute atomic E-state index is 11.9. The van der Waals surface area contributed by atoms with Crippen LogP contribution in [0, 0.1) is 0 Å². The van der Waals surface area contributed by atoms with Gasteiger partial charge in [0.25, 0.3) is 0 Å². The molecule has 92 valence electrons. The Kier molecular flexibility index (Phi) is 3.67. The van der Waals surface area contributed by atoms with Gasteiger partial charge in [-0.2, -0.15) is 0 Å². The van der Waals surface area contributed by atoms with E-state index in [9.17, 15) is 4.79 Å². The highest BCUT2D eigenvalue weighted by atomic mass is 16.6. The van der Waals surface area contributed by atoms with E-state index in [1.807, 2.05) is 26.0 Å². The highest BCUT2D eigenvalue weighted by Crippen LogP contribution is 2.19. The van der Waals surface area contributed by atoms with E-state index in [-0.39, 0.29) is 12.2 Å². The molecule has 1 aromatic carbocycles. The van der Waals surface area contributed by atoms with E-state index in [0.29, 0.717) is 6.54 Å². The zero-order valence-electron chi connectivity index (χ0n) is 10.5. The normalized spacial score (nSPS) is 16.2. The van der Waals surface area contributed by atoms with E-state index in [4.69, 9.17) is 4.74 Å². The van der Waals surface area contributed by atoms with E-state index < -0.39 is 0 Å². The Hall–Kier alpha value is -1.51. The van der Waals surface area contributed by atoms with Gasteiger partial charge in [-0.1, -0.05) is 31.2 Å². The molecular formula is C14H19NO2. The molecule has 0 radical (unpaired) electrons. The summed E-state index contributed by atoms with van der Waals surface area (Å²) < 4.78 is 5.34. The number of fused-ring (bicyclic) bond motifs is 1. The van der Waals surface area contributed by atoms with E-state index in [1.165, 1.54) is 11.1 Å². The Morgan fingerprint density at radius 2 is 2.12 bits per heavy atom. The molecule has 17 heavy (non-hydrogen) atoms. The SMILES string of the molecule is CC[C@@H](C)OC(=O)N1CCc2ccccc2C1. The number of carbonyl (C=O) groups is 1. The second-order valence-corrected chi connectivity index (χ2v) is 4.54. The number of rotatable bonds is 2. The van der Waals surface area contributed by atoms with E-state index in [2.05, 4.69) is 12.1 Å². The minimum atomic E-state index is -0.186. The number of ether oxygens (including phenoxy) is 1. The number of nitrogens with zero attached hydrogens (tertiary/aromatic N) is 1. The van der Waals surface area contributed by atoms with Gasteiger partial charge >= 0.3 is 6.09 Å². The minimum absolute atomic E-state index is 0.000305. The zero-order valence-corrected chi connectivity index (χ0v) is 10.5. The summed E-state index contributed by atoms with van der Waals surface area (Å²) in [5.74, 6) is 0. The van der Waals surface area contributed by atoms with Crippen LogP contribution in [-0.4, -0.2) is 23.6 Å². The van der Waals surface area contributed by atoms with Gasteiger partial charge in [-0.25, -0.2) is 4.79 Å². The van der Waals surface area contributed by atoms with Gasteiger partial charge in [0.1, 0.15) is 6.10 Å². The molecular weight excluding hydrogens is 214 g/mol. The summed E-state index contributed by atoms with van der Waals surface area (Å²) in [4.78, 5) is 13.7. The van der Waals surface area contributed by atoms with Crippen LogP contribution in [0.1, 0.15) is 31.4 Å². The molecule has 1 heterocycles. The summed E-state index contributed by atoms with van der Waals surface area (Å²) in [7, 11) is 0. The second-order valence-electron chi connectivity index (χ2n) is 4.54. The van der Waals surface area contributed by atoms with Crippen LogP contribution < -0.4 is 0 Å². The van der Waals surface area contributed by atoms with Crippen molar-refractivity contribution < 1.29 is 9.53 Å². The highest BCUT2D eigenvalue weighted by Gasteiger charge is 2.22. The lowest BCUT2D eigenvalue weighted by atomic mass is 10.0. The molecule has 0 aliphatic carbocycles. The molecule has 0 spiro atoms. The number of benzene rings is 1. The molecule has 0 saturated heterocycles. The third-order valence-electron chi connectivity index (χ3n) is 3.27. The Bertz CT molecular complexity index is 403. The Labute approximate surface area is 102 Å². The van der Waals surface area contributed by atoms with Crippen molar-refractivity contribution in [3.8, 4) is 0 Å². The molecule has 3 heteroatoms. The van der Waals surface area contributed by atoms with Crippen molar-refractivity contribution in [3.05, 3.63) is 35.4 Å². The first kappa shape index (κ1) is 12.0. The molecule has 3 nitrogen and oxygen atoms in total. The third kappa shape index (κ3) is 2.78. The van der Waals surface area contributed by atoms with Crippen molar-refractivity contribution >= 4 is 6.09 Å². The second kappa shape index (κ2) is 5.21. The summed E-state index contributed by atoms with van der Waals surface area (Å²) in [5, 5.41) is 0. The molecule has 1 atom stereocenters. The van der Waals surface area contributed by atoms with Gasteiger partial charge in [0, 0.05) is 13.1 Å². The lowest BCUT2D eigenvalue weighted by molar-refractivity contribution is 0.0648. The Balaban J connectivity index is 2.00. The highest BCUT2D eigenvalue weighted by molar-refractivity contribution is 5.68. The van der Waals surface area contributed by atoms with Crippen LogP contribution in [0.4, 0.5) is 4.79 Å². The van der Waals surface area contributed by atoms with Gasteiger partial charge < -0.3 is 9.64 Å². The fourth-order valence-electron chi connectivity index (χ4n) is 1.98. The summed E-state index contributed by atoms with van der Waals surface area (Å²) in [6, 6.07) is 8.28. The van der Waals surface area contributed by atoms with Gasteiger partial charge in [-0.15, -0.1) is 0 Å². The summed E-state index contributed by atoms with van der Waals surface area (Å²) in [6.45, 7) is 5.37. The fourth-order valence-corrected chi connectivity index (χ4v) is 1.98. The van der Waals surface area contributed by atoms with Crippen LogP contribution in [-0.2, 0) is 17.7 Å². The van der Waals surface area contributed by atoms with Crippen molar-refractivity contribution in [2.45, 2.75) is 39.3 Å².